The van der Waals surface area contributed by atoms with E-state index in [1.54, 1.807) is 0 Å². The van der Waals surface area contributed by atoms with Crippen LogP contribution in [0, 0.1) is 0 Å². The monoisotopic (exact) mass is 276 g/mol. The molecule has 2 rings (SSSR count). The number of nitrogens with zero attached hydrogens (tertiary/aromatic N) is 1. The van der Waals surface area contributed by atoms with Gasteiger partial charge in [-0.1, -0.05) is 39.8 Å². The number of rotatable bonds is 4. The van der Waals surface area contributed by atoms with Gasteiger partial charge in [-0.2, -0.15) is 0 Å². The van der Waals surface area contributed by atoms with Crippen molar-refractivity contribution in [3.8, 4) is 5.75 Å². The number of nitrogens with one attached hydrogen (secondary N) is 1. The minimum absolute atomic E-state index is 0.359. The minimum atomic E-state index is 0.359. The van der Waals surface area contributed by atoms with Crippen molar-refractivity contribution >= 4 is 0 Å². The van der Waals surface area contributed by atoms with Crippen LogP contribution in [0.3, 0.4) is 0 Å². The van der Waals surface area contributed by atoms with Crippen molar-refractivity contribution in [1.82, 2.24) is 10.2 Å². The molecule has 3 nitrogen and oxygen atoms in total. The molecule has 1 heterocycles. The Morgan fingerprint density at radius 2 is 1.60 bits per heavy atom. The van der Waals surface area contributed by atoms with E-state index in [-0.39, 0.29) is 0 Å². The third kappa shape index (κ3) is 3.33. The highest BCUT2D eigenvalue weighted by molar-refractivity contribution is 5.48. The number of aromatic hydroxyl groups is 1. The molecule has 1 fully saturated rings. The fraction of sp³-hybridized carbons (Fsp3) is 0.647. The quantitative estimate of drug-likeness (QED) is 0.887. The maximum atomic E-state index is 10.7. The molecule has 1 saturated heterocycles. The molecule has 112 valence electrons. The van der Waals surface area contributed by atoms with Gasteiger partial charge in [0.05, 0.1) is 0 Å². The van der Waals surface area contributed by atoms with E-state index >= 15 is 0 Å². The molecule has 0 amide bonds. The summed E-state index contributed by atoms with van der Waals surface area (Å²) in [5.74, 6) is 1.32. The number of piperazine rings is 1. The van der Waals surface area contributed by atoms with Crippen LogP contribution < -0.4 is 5.32 Å². The largest absolute Gasteiger partial charge is 0.507 e. The summed E-state index contributed by atoms with van der Waals surface area (Å²) in [5.41, 5.74) is 3.48. The molecule has 0 spiro atoms. The summed E-state index contributed by atoms with van der Waals surface area (Å²) >= 11 is 0. The third-order valence-corrected chi connectivity index (χ3v) is 4.19. The van der Waals surface area contributed by atoms with E-state index in [0.717, 1.165) is 43.9 Å². The summed E-state index contributed by atoms with van der Waals surface area (Å²) < 4.78 is 0. The van der Waals surface area contributed by atoms with Crippen molar-refractivity contribution in [3.63, 3.8) is 0 Å². The summed E-state index contributed by atoms with van der Waals surface area (Å²) in [6, 6.07) is 4.30. The van der Waals surface area contributed by atoms with Gasteiger partial charge in [0.1, 0.15) is 5.75 Å². The van der Waals surface area contributed by atoms with Gasteiger partial charge in [0, 0.05) is 38.3 Å². The molecule has 0 aromatic heterocycles. The average molecular weight is 276 g/mol. The zero-order chi connectivity index (χ0) is 14.7. The van der Waals surface area contributed by atoms with Crippen LogP contribution in [0.25, 0.3) is 0 Å². The summed E-state index contributed by atoms with van der Waals surface area (Å²) in [6.07, 6.45) is 0. The predicted molar refractivity (Wildman–Crippen MR) is 84.4 cm³/mol. The Kier molecular flexibility index (Phi) is 5.06. The first kappa shape index (κ1) is 15.3. The Balaban J connectivity index is 2.33. The average Bonchev–Trinajstić information content (AvgIpc) is 2.41. The van der Waals surface area contributed by atoms with Crippen LogP contribution in [-0.4, -0.2) is 36.2 Å². The number of hydrogen-bond acceptors (Lipinski definition) is 3. The first-order valence-electron chi connectivity index (χ1n) is 7.78. The highest BCUT2D eigenvalue weighted by Gasteiger charge is 2.19. The molecule has 0 saturated carbocycles. The summed E-state index contributed by atoms with van der Waals surface area (Å²) in [5, 5.41) is 14.1. The second kappa shape index (κ2) is 6.59. The van der Waals surface area contributed by atoms with Crippen LogP contribution in [0.4, 0.5) is 0 Å². The molecule has 1 aromatic carbocycles. The van der Waals surface area contributed by atoms with E-state index in [2.05, 4.69) is 50.0 Å². The first-order valence-corrected chi connectivity index (χ1v) is 7.78. The topological polar surface area (TPSA) is 35.5 Å². The Labute approximate surface area is 123 Å². The van der Waals surface area contributed by atoms with Crippen molar-refractivity contribution < 1.29 is 5.11 Å². The second-order valence-corrected chi connectivity index (χ2v) is 6.41. The highest BCUT2D eigenvalue weighted by atomic mass is 16.3. The molecule has 0 aliphatic carbocycles. The van der Waals surface area contributed by atoms with Gasteiger partial charge in [0.2, 0.25) is 0 Å². The Morgan fingerprint density at radius 3 is 2.15 bits per heavy atom. The van der Waals surface area contributed by atoms with Crippen LogP contribution >= 0.6 is 0 Å². The summed E-state index contributed by atoms with van der Waals surface area (Å²) in [7, 11) is 0. The zero-order valence-electron chi connectivity index (χ0n) is 13.2. The molecular formula is C17H28N2O. The molecule has 0 bridgehead atoms. The molecule has 0 radical (unpaired) electrons. The van der Waals surface area contributed by atoms with Crippen LogP contribution in [0.5, 0.6) is 5.75 Å². The fourth-order valence-electron chi connectivity index (χ4n) is 2.94. The Hall–Kier alpha value is -1.06. The van der Waals surface area contributed by atoms with E-state index in [4.69, 9.17) is 0 Å². The van der Waals surface area contributed by atoms with Gasteiger partial charge < -0.3 is 10.4 Å². The van der Waals surface area contributed by atoms with Gasteiger partial charge in [-0.15, -0.1) is 0 Å². The van der Waals surface area contributed by atoms with Gasteiger partial charge in [-0.05, 0) is 23.0 Å². The number of hydrogen-bond donors (Lipinski definition) is 2. The molecule has 1 aromatic rings. The summed E-state index contributed by atoms with van der Waals surface area (Å²) in [6.45, 7) is 13.7. The van der Waals surface area contributed by atoms with Gasteiger partial charge in [0.25, 0.3) is 0 Å². The molecule has 20 heavy (non-hydrogen) atoms. The van der Waals surface area contributed by atoms with E-state index < -0.39 is 0 Å². The lowest BCUT2D eigenvalue weighted by Crippen LogP contribution is -2.43. The van der Waals surface area contributed by atoms with E-state index in [0.29, 0.717) is 17.6 Å². The molecule has 0 unspecified atom stereocenters. The Morgan fingerprint density at radius 1 is 1.05 bits per heavy atom. The standard InChI is InChI=1S/C17H28N2O/c1-12(2)14-5-6-15(13(3)4)17(20)16(14)11-19-9-7-18-8-10-19/h5-6,12-13,18,20H,7-11H2,1-4H3. The predicted octanol–water partition coefficient (Wildman–Crippen LogP) is 3.04. The van der Waals surface area contributed by atoms with E-state index in [9.17, 15) is 5.11 Å². The van der Waals surface area contributed by atoms with Crippen molar-refractivity contribution in [2.24, 2.45) is 0 Å². The molecule has 3 heteroatoms. The fourth-order valence-corrected chi connectivity index (χ4v) is 2.94. The maximum absolute atomic E-state index is 10.7. The number of phenolic OH excluding ortho intramolecular Hbond substituents is 1. The number of phenols is 1. The van der Waals surface area contributed by atoms with Crippen LogP contribution in [0.1, 0.15) is 56.2 Å². The van der Waals surface area contributed by atoms with Crippen molar-refractivity contribution in [2.45, 2.75) is 46.1 Å². The molecule has 2 N–H and O–H groups in total. The molecular weight excluding hydrogens is 248 g/mol. The van der Waals surface area contributed by atoms with E-state index in [1.165, 1.54) is 5.56 Å². The lowest BCUT2D eigenvalue weighted by atomic mass is 9.90. The SMILES string of the molecule is CC(C)c1ccc(C(C)C)c(CN2CCNCC2)c1O. The van der Waals surface area contributed by atoms with Gasteiger partial charge in [0.15, 0.2) is 0 Å². The molecule has 1 aliphatic rings. The Bertz CT molecular complexity index is 449. The van der Waals surface area contributed by atoms with E-state index in [1.807, 2.05) is 0 Å². The van der Waals surface area contributed by atoms with Gasteiger partial charge in [-0.3, -0.25) is 4.90 Å². The van der Waals surface area contributed by atoms with Crippen molar-refractivity contribution in [2.75, 3.05) is 26.2 Å². The van der Waals surface area contributed by atoms with Crippen LogP contribution in [-0.2, 0) is 6.54 Å². The number of benzene rings is 1. The second-order valence-electron chi connectivity index (χ2n) is 6.41. The minimum Gasteiger partial charge on any atom is -0.507 e. The van der Waals surface area contributed by atoms with Crippen molar-refractivity contribution in [3.05, 3.63) is 28.8 Å². The smallest absolute Gasteiger partial charge is 0.123 e. The van der Waals surface area contributed by atoms with Crippen molar-refractivity contribution in [1.29, 1.82) is 0 Å². The zero-order valence-corrected chi connectivity index (χ0v) is 13.2. The van der Waals surface area contributed by atoms with Gasteiger partial charge >= 0.3 is 0 Å². The first-order chi connectivity index (χ1) is 9.50. The lowest BCUT2D eigenvalue weighted by molar-refractivity contribution is 0.229. The normalized spacial score (nSPS) is 17.1. The van der Waals surface area contributed by atoms with Gasteiger partial charge in [-0.25, -0.2) is 0 Å². The molecule has 0 atom stereocenters. The highest BCUT2D eigenvalue weighted by Crippen LogP contribution is 2.35. The molecule has 1 aliphatic heterocycles. The van der Waals surface area contributed by atoms with Crippen LogP contribution in [0.2, 0.25) is 0 Å². The third-order valence-electron chi connectivity index (χ3n) is 4.19. The van der Waals surface area contributed by atoms with Crippen LogP contribution in [0.15, 0.2) is 12.1 Å². The lowest BCUT2D eigenvalue weighted by Gasteiger charge is -2.29. The maximum Gasteiger partial charge on any atom is 0.123 e. The summed E-state index contributed by atoms with van der Waals surface area (Å²) in [4.78, 5) is 2.43.